The van der Waals surface area contributed by atoms with Crippen molar-refractivity contribution in [1.82, 2.24) is 9.88 Å². The molecule has 21 heavy (non-hydrogen) atoms. The number of esters is 1. The molecule has 0 unspecified atom stereocenters. The van der Waals surface area contributed by atoms with E-state index in [0.717, 1.165) is 5.56 Å². The number of carbonyl (C=O) groups is 2. The van der Waals surface area contributed by atoms with E-state index in [2.05, 4.69) is 9.72 Å². The van der Waals surface area contributed by atoms with Crippen LogP contribution in [0, 0.1) is 0 Å². The summed E-state index contributed by atoms with van der Waals surface area (Å²) in [6.45, 7) is 0.766. The zero-order valence-electron chi connectivity index (χ0n) is 11.7. The van der Waals surface area contributed by atoms with Crippen molar-refractivity contribution in [3.05, 3.63) is 52.5 Å². The third-order valence-electron chi connectivity index (χ3n) is 2.96. The van der Waals surface area contributed by atoms with E-state index in [1.54, 1.807) is 23.4 Å². The number of rotatable bonds is 6. The molecule has 5 nitrogen and oxygen atoms in total. The van der Waals surface area contributed by atoms with Gasteiger partial charge in [-0.2, -0.15) is 0 Å². The smallest absolute Gasteiger partial charge is 0.307 e. The molecule has 0 saturated carbocycles. The second-order valence-electron chi connectivity index (χ2n) is 4.39. The van der Waals surface area contributed by atoms with E-state index in [9.17, 15) is 9.59 Å². The van der Waals surface area contributed by atoms with Crippen molar-refractivity contribution in [3.8, 4) is 0 Å². The summed E-state index contributed by atoms with van der Waals surface area (Å²) in [7, 11) is 1.34. The highest BCUT2D eigenvalue weighted by molar-refractivity contribution is 7.12. The first-order valence-electron chi connectivity index (χ1n) is 6.49. The molecule has 0 atom stereocenters. The lowest BCUT2D eigenvalue weighted by atomic mass is 10.2. The molecule has 0 N–H and O–H groups in total. The molecule has 0 aliphatic heterocycles. The topological polar surface area (TPSA) is 59.5 Å². The Hall–Kier alpha value is -2.21. The van der Waals surface area contributed by atoms with Gasteiger partial charge in [-0.3, -0.25) is 14.6 Å². The molecule has 0 saturated heterocycles. The van der Waals surface area contributed by atoms with Crippen LogP contribution in [0.1, 0.15) is 21.7 Å². The number of hydrogen-bond donors (Lipinski definition) is 0. The van der Waals surface area contributed by atoms with Gasteiger partial charge in [-0.15, -0.1) is 11.3 Å². The quantitative estimate of drug-likeness (QED) is 0.769. The first kappa shape index (κ1) is 15.2. The number of pyridine rings is 1. The molecular formula is C15H16N2O3S. The average Bonchev–Trinajstić information content (AvgIpc) is 3.05. The maximum absolute atomic E-state index is 12.5. The molecule has 0 aromatic carbocycles. The Morgan fingerprint density at radius 3 is 2.67 bits per heavy atom. The fourth-order valence-electron chi connectivity index (χ4n) is 1.85. The second-order valence-corrected chi connectivity index (χ2v) is 5.33. The van der Waals surface area contributed by atoms with Gasteiger partial charge in [0.2, 0.25) is 0 Å². The zero-order chi connectivity index (χ0) is 15.1. The number of aromatic nitrogens is 1. The molecule has 2 aromatic rings. The third kappa shape index (κ3) is 4.39. The third-order valence-corrected chi connectivity index (χ3v) is 3.81. The number of carbonyl (C=O) groups excluding carboxylic acids is 2. The molecule has 110 valence electrons. The molecule has 2 aromatic heterocycles. The summed E-state index contributed by atoms with van der Waals surface area (Å²) in [5, 5.41) is 1.86. The van der Waals surface area contributed by atoms with Crippen LogP contribution in [0.3, 0.4) is 0 Å². The molecule has 2 rings (SSSR count). The standard InChI is InChI=1S/C15H16N2O3S/c1-20-14(18)6-9-17(11-12-4-7-16-8-5-12)15(19)13-3-2-10-21-13/h2-5,7-8,10H,6,9,11H2,1H3. The Bertz CT molecular complexity index is 584. The van der Waals surface area contributed by atoms with Gasteiger partial charge < -0.3 is 9.64 Å². The van der Waals surface area contributed by atoms with Gasteiger partial charge in [-0.05, 0) is 29.1 Å². The highest BCUT2D eigenvalue weighted by atomic mass is 32.1. The molecule has 2 heterocycles. The lowest BCUT2D eigenvalue weighted by Gasteiger charge is -2.21. The first-order valence-corrected chi connectivity index (χ1v) is 7.37. The van der Waals surface area contributed by atoms with Crippen LogP contribution in [0.25, 0.3) is 0 Å². The molecule has 0 aliphatic rings. The fraction of sp³-hybridized carbons (Fsp3) is 0.267. The van der Waals surface area contributed by atoms with Gasteiger partial charge in [0.1, 0.15) is 0 Å². The van der Waals surface area contributed by atoms with Crippen molar-refractivity contribution in [3.63, 3.8) is 0 Å². The van der Waals surface area contributed by atoms with Crippen LogP contribution in [0.5, 0.6) is 0 Å². The van der Waals surface area contributed by atoms with Crippen molar-refractivity contribution in [1.29, 1.82) is 0 Å². The molecule has 0 radical (unpaired) electrons. The number of ether oxygens (including phenoxy) is 1. The van der Waals surface area contributed by atoms with Gasteiger partial charge >= 0.3 is 5.97 Å². The van der Waals surface area contributed by atoms with Crippen molar-refractivity contribution in [2.24, 2.45) is 0 Å². The molecule has 0 aliphatic carbocycles. The second kappa shape index (κ2) is 7.54. The maximum Gasteiger partial charge on any atom is 0.307 e. The van der Waals surface area contributed by atoms with Crippen molar-refractivity contribution < 1.29 is 14.3 Å². The van der Waals surface area contributed by atoms with E-state index in [1.165, 1.54) is 18.4 Å². The monoisotopic (exact) mass is 304 g/mol. The minimum Gasteiger partial charge on any atom is -0.469 e. The van der Waals surface area contributed by atoms with E-state index in [1.807, 2.05) is 23.6 Å². The normalized spacial score (nSPS) is 10.1. The fourth-order valence-corrected chi connectivity index (χ4v) is 2.54. The Labute approximate surface area is 127 Å². The Morgan fingerprint density at radius 1 is 1.29 bits per heavy atom. The lowest BCUT2D eigenvalue weighted by Crippen LogP contribution is -2.32. The Morgan fingerprint density at radius 2 is 2.05 bits per heavy atom. The molecule has 1 amide bonds. The minimum absolute atomic E-state index is 0.0780. The number of thiophene rings is 1. The maximum atomic E-state index is 12.5. The summed E-state index contributed by atoms with van der Waals surface area (Å²) < 4.78 is 4.64. The Kier molecular flexibility index (Phi) is 5.45. The highest BCUT2D eigenvalue weighted by Crippen LogP contribution is 2.15. The summed E-state index contributed by atoms with van der Waals surface area (Å²) >= 11 is 1.39. The van der Waals surface area contributed by atoms with Gasteiger partial charge in [0, 0.05) is 25.5 Å². The predicted molar refractivity (Wildman–Crippen MR) is 79.9 cm³/mol. The van der Waals surface area contributed by atoms with Crippen LogP contribution in [-0.4, -0.2) is 35.4 Å². The van der Waals surface area contributed by atoms with Crippen LogP contribution < -0.4 is 0 Å². The summed E-state index contributed by atoms with van der Waals surface area (Å²) in [4.78, 5) is 30.1. The van der Waals surface area contributed by atoms with Crippen LogP contribution in [-0.2, 0) is 16.1 Å². The Balaban J connectivity index is 2.10. The minimum atomic E-state index is -0.325. The van der Waals surface area contributed by atoms with Crippen LogP contribution in [0.2, 0.25) is 0 Å². The number of amides is 1. The summed E-state index contributed by atoms with van der Waals surface area (Å²) in [6.07, 6.45) is 3.55. The van der Waals surface area contributed by atoms with Crippen LogP contribution in [0.4, 0.5) is 0 Å². The van der Waals surface area contributed by atoms with Gasteiger partial charge in [0.15, 0.2) is 0 Å². The first-order chi connectivity index (χ1) is 10.2. The largest absolute Gasteiger partial charge is 0.469 e. The van der Waals surface area contributed by atoms with E-state index in [0.29, 0.717) is 18.0 Å². The van der Waals surface area contributed by atoms with Gasteiger partial charge in [0.05, 0.1) is 18.4 Å². The van der Waals surface area contributed by atoms with Crippen LogP contribution in [0.15, 0.2) is 42.0 Å². The van der Waals surface area contributed by atoms with Crippen molar-refractivity contribution in [2.45, 2.75) is 13.0 Å². The number of methoxy groups -OCH3 is 1. The lowest BCUT2D eigenvalue weighted by molar-refractivity contribution is -0.140. The number of hydrogen-bond acceptors (Lipinski definition) is 5. The zero-order valence-corrected chi connectivity index (χ0v) is 12.5. The van der Waals surface area contributed by atoms with Crippen molar-refractivity contribution >= 4 is 23.2 Å². The van der Waals surface area contributed by atoms with E-state index in [4.69, 9.17) is 0 Å². The summed E-state index contributed by atoms with van der Waals surface area (Å²) in [6, 6.07) is 7.33. The summed E-state index contributed by atoms with van der Waals surface area (Å²) in [5.74, 6) is -0.403. The molecule has 6 heteroatoms. The SMILES string of the molecule is COC(=O)CCN(Cc1ccncc1)C(=O)c1cccs1. The molecular weight excluding hydrogens is 288 g/mol. The van der Waals surface area contributed by atoms with E-state index in [-0.39, 0.29) is 18.3 Å². The van der Waals surface area contributed by atoms with E-state index >= 15 is 0 Å². The van der Waals surface area contributed by atoms with Gasteiger partial charge in [-0.25, -0.2) is 0 Å². The van der Waals surface area contributed by atoms with E-state index < -0.39 is 0 Å². The van der Waals surface area contributed by atoms with Gasteiger partial charge in [-0.1, -0.05) is 6.07 Å². The highest BCUT2D eigenvalue weighted by Gasteiger charge is 2.18. The van der Waals surface area contributed by atoms with Gasteiger partial charge in [0.25, 0.3) is 5.91 Å². The summed E-state index contributed by atoms with van der Waals surface area (Å²) in [5.41, 5.74) is 0.972. The molecule has 0 bridgehead atoms. The molecule has 0 spiro atoms. The average molecular weight is 304 g/mol. The predicted octanol–water partition coefficient (Wildman–Crippen LogP) is 2.35. The molecule has 0 fully saturated rings. The van der Waals surface area contributed by atoms with Crippen LogP contribution >= 0.6 is 11.3 Å². The number of nitrogens with zero attached hydrogens (tertiary/aromatic N) is 2. The van der Waals surface area contributed by atoms with Crippen molar-refractivity contribution in [2.75, 3.05) is 13.7 Å².